The maximum absolute atomic E-state index is 12.3. The Balaban J connectivity index is 1.95. The molecule has 4 heteroatoms. The minimum absolute atomic E-state index is 0.0388. The minimum Gasteiger partial charge on any atom is -0.447 e. The first kappa shape index (κ1) is 13.4. The van der Waals surface area contributed by atoms with Gasteiger partial charge in [0.25, 0.3) is 0 Å². The molecule has 4 nitrogen and oxygen atoms in total. The fraction of sp³-hybridized carbons (Fsp3) is 0.857. The van der Waals surface area contributed by atoms with Crippen LogP contribution in [0.2, 0.25) is 0 Å². The summed E-state index contributed by atoms with van der Waals surface area (Å²) in [6, 6.07) is -0.0754. The number of nitrogens with zero attached hydrogens (tertiary/aromatic N) is 1. The van der Waals surface area contributed by atoms with Crippen LogP contribution in [0.15, 0.2) is 0 Å². The molecule has 1 heterocycles. The van der Waals surface area contributed by atoms with Crippen molar-refractivity contribution in [1.82, 2.24) is 4.90 Å². The molecule has 1 saturated carbocycles. The van der Waals surface area contributed by atoms with E-state index in [1.807, 2.05) is 13.8 Å². The molecule has 0 aromatic carbocycles. The molecule has 0 radical (unpaired) electrons. The number of carbonyl (C=O) groups excluding carboxylic acids is 2. The Labute approximate surface area is 109 Å². The Bertz CT molecular complexity index is 321. The maximum atomic E-state index is 12.3. The van der Waals surface area contributed by atoms with E-state index in [0.29, 0.717) is 18.9 Å². The third-order valence-electron chi connectivity index (χ3n) is 4.13. The highest BCUT2D eigenvalue weighted by atomic mass is 16.6. The number of cyclic esters (lactones) is 1. The van der Waals surface area contributed by atoms with Gasteiger partial charge in [-0.15, -0.1) is 0 Å². The lowest BCUT2D eigenvalue weighted by Crippen LogP contribution is -2.42. The molecule has 0 aromatic rings. The maximum Gasteiger partial charge on any atom is 0.416 e. The third kappa shape index (κ3) is 2.85. The molecule has 1 unspecified atom stereocenters. The van der Waals surface area contributed by atoms with Gasteiger partial charge in [-0.3, -0.25) is 4.79 Å². The fourth-order valence-electron chi connectivity index (χ4n) is 2.95. The van der Waals surface area contributed by atoms with Crippen LogP contribution in [0.5, 0.6) is 0 Å². The molecule has 0 bridgehead atoms. The molecular formula is C14H23NO3. The standard InChI is InChI=1S/C14H23NO3/c1-10(2)12-9-18-14(17)15(12)13(16)8-11-6-4-3-5-7-11/h10-12H,3-9H2,1-2H3. The average Bonchev–Trinajstić information content (AvgIpc) is 2.72. The smallest absolute Gasteiger partial charge is 0.416 e. The van der Waals surface area contributed by atoms with Gasteiger partial charge in [-0.05, 0) is 24.7 Å². The van der Waals surface area contributed by atoms with Gasteiger partial charge in [0.05, 0.1) is 6.04 Å². The molecule has 0 aromatic heterocycles. The Kier molecular flexibility index (Phi) is 4.25. The lowest BCUT2D eigenvalue weighted by Gasteiger charge is -2.26. The van der Waals surface area contributed by atoms with Crippen LogP contribution < -0.4 is 0 Å². The zero-order chi connectivity index (χ0) is 13.1. The summed E-state index contributed by atoms with van der Waals surface area (Å²) >= 11 is 0. The number of ether oxygens (including phenoxy) is 1. The molecule has 1 aliphatic heterocycles. The van der Waals surface area contributed by atoms with Crippen molar-refractivity contribution in [2.75, 3.05) is 6.61 Å². The van der Waals surface area contributed by atoms with E-state index >= 15 is 0 Å². The normalized spacial score (nSPS) is 25.6. The first-order valence-corrected chi connectivity index (χ1v) is 7.08. The lowest BCUT2D eigenvalue weighted by atomic mass is 9.86. The van der Waals surface area contributed by atoms with Crippen molar-refractivity contribution in [3.05, 3.63) is 0 Å². The van der Waals surface area contributed by atoms with Gasteiger partial charge in [-0.1, -0.05) is 33.1 Å². The number of imide groups is 1. The van der Waals surface area contributed by atoms with Gasteiger partial charge in [0, 0.05) is 6.42 Å². The molecule has 18 heavy (non-hydrogen) atoms. The number of hydrogen-bond acceptors (Lipinski definition) is 3. The van der Waals surface area contributed by atoms with Crippen LogP contribution >= 0.6 is 0 Å². The Morgan fingerprint density at radius 3 is 2.61 bits per heavy atom. The second kappa shape index (κ2) is 5.72. The van der Waals surface area contributed by atoms with Crippen LogP contribution in [0.1, 0.15) is 52.4 Å². The Morgan fingerprint density at radius 1 is 1.33 bits per heavy atom. The Morgan fingerprint density at radius 2 is 2.00 bits per heavy atom. The van der Waals surface area contributed by atoms with Crippen molar-refractivity contribution in [2.45, 2.75) is 58.4 Å². The summed E-state index contributed by atoms with van der Waals surface area (Å²) in [4.78, 5) is 25.3. The van der Waals surface area contributed by atoms with E-state index in [1.54, 1.807) is 0 Å². The summed E-state index contributed by atoms with van der Waals surface area (Å²) < 4.78 is 5.02. The number of hydrogen-bond donors (Lipinski definition) is 0. The second-order valence-electron chi connectivity index (χ2n) is 5.86. The largest absolute Gasteiger partial charge is 0.447 e. The summed E-state index contributed by atoms with van der Waals surface area (Å²) in [5.41, 5.74) is 0. The molecule has 1 saturated heterocycles. The fourth-order valence-corrected chi connectivity index (χ4v) is 2.95. The van der Waals surface area contributed by atoms with Crippen LogP contribution in [0, 0.1) is 11.8 Å². The third-order valence-corrected chi connectivity index (χ3v) is 4.13. The Hall–Kier alpha value is -1.06. The van der Waals surface area contributed by atoms with Crippen LogP contribution in [-0.4, -0.2) is 29.5 Å². The molecule has 0 N–H and O–H groups in total. The first-order chi connectivity index (χ1) is 8.59. The zero-order valence-corrected chi connectivity index (χ0v) is 11.4. The number of carbonyl (C=O) groups is 2. The van der Waals surface area contributed by atoms with E-state index in [-0.39, 0.29) is 17.9 Å². The van der Waals surface area contributed by atoms with E-state index in [4.69, 9.17) is 4.74 Å². The zero-order valence-electron chi connectivity index (χ0n) is 11.4. The molecule has 102 valence electrons. The van der Waals surface area contributed by atoms with Crippen molar-refractivity contribution in [1.29, 1.82) is 0 Å². The first-order valence-electron chi connectivity index (χ1n) is 7.08. The van der Waals surface area contributed by atoms with E-state index < -0.39 is 6.09 Å². The van der Waals surface area contributed by atoms with Gasteiger partial charge in [0.15, 0.2) is 0 Å². The predicted octanol–water partition coefficient (Wildman–Crippen LogP) is 2.96. The molecule has 1 atom stereocenters. The molecule has 0 spiro atoms. The summed E-state index contributed by atoms with van der Waals surface area (Å²) in [5, 5.41) is 0. The second-order valence-corrected chi connectivity index (χ2v) is 5.86. The minimum atomic E-state index is -0.450. The monoisotopic (exact) mass is 253 g/mol. The topological polar surface area (TPSA) is 46.6 Å². The molecule has 2 fully saturated rings. The van der Waals surface area contributed by atoms with Crippen molar-refractivity contribution in [3.8, 4) is 0 Å². The quantitative estimate of drug-likeness (QED) is 0.777. The van der Waals surface area contributed by atoms with Gasteiger partial charge >= 0.3 is 6.09 Å². The molecule has 2 aliphatic rings. The summed E-state index contributed by atoms with van der Waals surface area (Å²) in [6.45, 7) is 4.40. The summed E-state index contributed by atoms with van der Waals surface area (Å²) in [7, 11) is 0. The van der Waals surface area contributed by atoms with E-state index in [2.05, 4.69) is 0 Å². The molecule has 1 aliphatic carbocycles. The van der Waals surface area contributed by atoms with Crippen LogP contribution in [0.3, 0.4) is 0 Å². The highest BCUT2D eigenvalue weighted by Crippen LogP contribution is 2.28. The van der Waals surface area contributed by atoms with E-state index in [0.717, 1.165) is 12.8 Å². The van der Waals surface area contributed by atoms with Gasteiger partial charge in [0.2, 0.25) is 5.91 Å². The summed E-state index contributed by atoms with van der Waals surface area (Å²) in [5.74, 6) is 0.683. The molecule has 2 amide bonds. The van der Waals surface area contributed by atoms with Crippen molar-refractivity contribution in [2.24, 2.45) is 11.8 Å². The SMILES string of the molecule is CC(C)C1COC(=O)N1C(=O)CC1CCCCC1. The van der Waals surface area contributed by atoms with Gasteiger partial charge in [-0.2, -0.15) is 0 Å². The van der Waals surface area contributed by atoms with Crippen LogP contribution in [-0.2, 0) is 9.53 Å². The highest BCUT2D eigenvalue weighted by Gasteiger charge is 2.39. The van der Waals surface area contributed by atoms with Gasteiger partial charge < -0.3 is 4.74 Å². The lowest BCUT2D eigenvalue weighted by molar-refractivity contribution is -0.131. The van der Waals surface area contributed by atoms with Gasteiger partial charge in [0.1, 0.15) is 6.61 Å². The van der Waals surface area contributed by atoms with Crippen molar-refractivity contribution in [3.63, 3.8) is 0 Å². The van der Waals surface area contributed by atoms with E-state index in [1.165, 1.54) is 24.2 Å². The average molecular weight is 253 g/mol. The van der Waals surface area contributed by atoms with E-state index in [9.17, 15) is 9.59 Å². The van der Waals surface area contributed by atoms with Crippen LogP contribution in [0.25, 0.3) is 0 Å². The highest BCUT2D eigenvalue weighted by molar-refractivity contribution is 5.93. The number of rotatable bonds is 3. The molecular weight excluding hydrogens is 230 g/mol. The molecule has 2 rings (SSSR count). The predicted molar refractivity (Wildman–Crippen MR) is 68.0 cm³/mol. The van der Waals surface area contributed by atoms with Gasteiger partial charge in [-0.25, -0.2) is 9.69 Å². The van der Waals surface area contributed by atoms with Crippen molar-refractivity contribution >= 4 is 12.0 Å². The van der Waals surface area contributed by atoms with Crippen LogP contribution in [0.4, 0.5) is 4.79 Å². The number of amides is 2. The summed E-state index contributed by atoms with van der Waals surface area (Å²) in [6.07, 6.45) is 6.03. The van der Waals surface area contributed by atoms with Crippen molar-refractivity contribution < 1.29 is 14.3 Å².